The second-order valence-electron chi connectivity index (χ2n) is 5.01. The molecule has 0 radical (unpaired) electrons. The summed E-state index contributed by atoms with van der Waals surface area (Å²) in [4.78, 5) is 23.0. The van der Waals surface area contributed by atoms with E-state index in [0.29, 0.717) is 4.47 Å². The lowest BCUT2D eigenvalue weighted by Gasteiger charge is -2.26. The van der Waals surface area contributed by atoms with Crippen molar-refractivity contribution in [3.05, 3.63) is 20.3 Å². The fourth-order valence-electron chi connectivity index (χ4n) is 1.08. The van der Waals surface area contributed by atoms with E-state index >= 15 is 0 Å². The largest absolute Gasteiger partial charge is 0.477 e. The number of aromatic carboxylic acids is 1. The van der Waals surface area contributed by atoms with Crippen molar-refractivity contribution in [2.24, 2.45) is 5.41 Å². The van der Waals surface area contributed by atoms with Crippen LogP contribution in [0.25, 0.3) is 0 Å². The van der Waals surface area contributed by atoms with Gasteiger partial charge in [0, 0.05) is 9.85 Å². The zero-order chi connectivity index (χ0) is 14.1. The van der Waals surface area contributed by atoms with Crippen molar-refractivity contribution in [2.75, 3.05) is 0 Å². The Kier molecular flexibility index (Phi) is 4.55. The molecule has 0 amide bonds. The molecule has 0 aromatic carbocycles. The highest BCUT2D eigenvalue weighted by atomic mass is 79.9. The molecule has 1 N–H and O–H groups in total. The van der Waals surface area contributed by atoms with Crippen LogP contribution in [0, 0.1) is 5.41 Å². The van der Waals surface area contributed by atoms with Crippen molar-refractivity contribution in [2.45, 2.75) is 33.8 Å². The van der Waals surface area contributed by atoms with Crippen molar-refractivity contribution in [1.29, 1.82) is 0 Å². The minimum Gasteiger partial charge on any atom is -0.477 e. The van der Waals surface area contributed by atoms with Crippen LogP contribution in [0.1, 0.15) is 47.7 Å². The summed E-state index contributed by atoms with van der Waals surface area (Å²) < 4.78 is 5.76. The summed E-state index contributed by atoms with van der Waals surface area (Å²) in [6.45, 7) is 7.64. The molecular weight excluding hydrogens is 320 g/mol. The highest BCUT2D eigenvalue weighted by molar-refractivity contribution is 9.10. The fraction of sp³-hybridized carbons (Fsp3) is 0.500. The second kappa shape index (κ2) is 5.40. The van der Waals surface area contributed by atoms with Gasteiger partial charge in [-0.3, -0.25) is 0 Å². The van der Waals surface area contributed by atoms with Crippen LogP contribution in [0.3, 0.4) is 0 Å². The normalized spacial score (nSPS) is 13.2. The Morgan fingerprint density at radius 2 is 2.00 bits per heavy atom. The number of carboxylic acid groups (broad SMARTS) is 1. The van der Waals surface area contributed by atoms with Gasteiger partial charge in [0.1, 0.15) is 11.0 Å². The average molecular weight is 335 g/mol. The molecule has 4 nitrogen and oxygen atoms in total. The van der Waals surface area contributed by atoms with Gasteiger partial charge in [-0.2, -0.15) is 0 Å². The van der Waals surface area contributed by atoms with Crippen LogP contribution in [0.15, 0.2) is 9.85 Å². The molecule has 0 aliphatic carbocycles. The standard InChI is InChI=1S/C12H15BrO4S/c1-6(12(2,3)4)17-11(16)8-7(13)5-18-9(8)10(14)15/h5-6H,1-4H3,(H,14,15). The molecule has 0 saturated heterocycles. The van der Waals surface area contributed by atoms with Gasteiger partial charge in [0.05, 0.1) is 5.56 Å². The molecule has 0 bridgehead atoms. The van der Waals surface area contributed by atoms with Gasteiger partial charge in [0.15, 0.2) is 0 Å². The lowest BCUT2D eigenvalue weighted by Crippen LogP contribution is -2.29. The number of carbonyl (C=O) groups is 2. The summed E-state index contributed by atoms with van der Waals surface area (Å²) in [5.74, 6) is -1.73. The van der Waals surface area contributed by atoms with E-state index in [-0.39, 0.29) is 22.0 Å². The molecule has 0 spiro atoms. The quantitative estimate of drug-likeness (QED) is 0.854. The number of thiophene rings is 1. The zero-order valence-electron chi connectivity index (χ0n) is 10.6. The number of carbonyl (C=O) groups excluding carboxylic acids is 1. The van der Waals surface area contributed by atoms with Crippen LogP contribution in [0.5, 0.6) is 0 Å². The topological polar surface area (TPSA) is 63.6 Å². The van der Waals surface area contributed by atoms with Gasteiger partial charge in [-0.05, 0) is 28.3 Å². The number of esters is 1. The van der Waals surface area contributed by atoms with Gasteiger partial charge in [-0.1, -0.05) is 20.8 Å². The summed E-state index contributed by atoms with van der Waals surface area (Å²) in [6, 6.07) is 0. The molecule has 6 heteroatoms. The molecule has 1 aromatic rings. The fourth-order valence-corrected chi connectivity index (χ4v) is 2.60. The summed E-state index contributed by atoms with van der Waals surface area (Å²) in [5.41, 5.74) is -0.106. The number of halogens is 1. The lowest BCUT2D eigenvalue weighted by molar-refractivity contribution is 0.00450. The number of rotatable bonds is 3. The Balaban J connectivity index is 2.98. The summed E-state index contributed by atoms with van der Waals surface area (Å²) in [6.07, 6.45) is -0.307. The van der Waals surface area contributed by atoms with Gasteiger partial charge in [0.25, 0.3) is 0 Å². The third kappa shape index (κ3) is 3.32. The van der Waals surface area contributed by atoms with E-state index in [1.54, 1.807) is 12.3 Å². The first-order chi connectivity index (χ1) is 8.14. The number of hydrogen-bond donors (Lipinski definition) is 1. The molecule has 0 fully saturated rings. The number of hydrogen-bond acceptors (Lipinski definition) is 4. The Morgan fingerprint density at radius 3 is 2.44 bits per heavy atom. The van der Waals surface area contributed by atoms with Crippen LogP contribution >= 0.6 is 27.3 Å². The summed E-state index contributed by atoms with van der Waals surface area (Å²) in [7, 11) is 0. The Morgan fingerprint density at radius 1 is 1.44 bits per heavy atom. The van der Waals surface area contributed by atoms with Gasteiger partial charge in [0.2, 0.25) is 0 Å². The zero-order valence-corrected chi connectivity index (χ0v) is 13.0. The molecule has 1 aromatic heterocycles. The molecule has 0 saturated carbocycles. The van der Waals surface area contributed by atoms with Crippen molar-refractivity contribution in [3.8, 4) is 0 Å². The molecular formula is C12H15BrO4S. The molecule has 1 unspecified atom stereocenters. The van der Waals surface area contributed by atoms with Gasteiger partial charge in [-0.15, -0.1) is 11.3 Å². The molecule has 100 valence electrons. The maximum atomic E-state index is 12.0. The van der Waals surface area contributed by atoms with Crippen molar-refractivity contribution < 1.29 is 19.4 Å². The minimum atomic E-state index is -1.12. The first kappa shape index (κ1) is 15.2. The van der Waals surface area contributed by atoms with Crippen LogP contribution in [-0.2, 0) is 4.74 Å². The van der Waals surface area contributed by atoms with E-state index in [2.05, 4.69) is 15.9 Å². The van der Waals surface area contributed by atoms with Crippen molar-refractivity contribution >= 4 is 39.2 Å². The van der Waals surface area contributed by atoms with Crippen LogP contribution in [0.4, 0.5) is 0 Å². The monoisotopic (exact) mass is 334 g/mol. The van der Waals surface area contributed by atoms with Gasteiger partial charge in [-0.25, -0.2) is 9.59 Å². The second-order valence-corrected chi connectivity index (χ2v) is 6.74. The Bertz CT molecular complexity index is 473. The average Bonchev–Trinajstić information content (AvgIpc) is 2.58. The van der Waals surface area contributed by atoms with Gasteiger partial charge < -0.3 is 9.84 Å². The molecule has 0 aliphatic rings. The lowest BCUT2D eigenvalue weighted by atomic mass is 9.90. The molecule has 18 heavy (non-hydrogen) atoms. The smallest absolute Gasteiger partial charge is 0.346 e. The molecule has 1 atom stereocenters. The van der Waals surface area contributed by atoms with Gasteiger partial charge >= 0.3 is 11.9 Å². The first-order valence-corrected chi connectivity index (χ1v) is 7.03. The van der Waals surface area contributed by atoms with E-state index < -0.39 is 11.9 Å². The molecule has 1 heterocycles. The van der Waals surface area contributed by atoms with E-state index in [1.807, 2.05) is 20.8 Å². The summed E-state index contributed by atoms with van der Waals surface area (Å²) >= 11 is 4.17. The van der Waals surface area contributed by atoms with E-state index in [0.717, 1.165) is 11.3 Å². The maximum absolute atomic E-state index is 12.0. The highest BCUT2D eigenvalue weighted by Crippen LogP contribution is 2.30. The third-order valence-electron chi connectivity index (χ3n) is 2.65. The van der Waals surface area contributed by atoms with Crippen LogP contribution in [0.2, 0.25) is 0 Å². The third-order valence-corrected chi connectivity index (χ3v) is 4.54. The summed E-state index contributed by atoms with van der Waals surface area (Å²) in [5, 5.41) is 10.6. The van der Waals surface area contributed by atoms with Crippen molar-refractivity contribution in [3.63, 3.8) is 0 Å². The van der Waals surface area contributed by atoms with E-state index in [9.17, 15) is 9.59 Å². The Hall–Kier alpha value is -0.880. The first-order valence-electron chi connectivity index (χ1n) is 5.36. The molecule has 0 aliphatic heterocycles. The SMILES string of the molecule is CC(OC(=O)c1c(Br)csc1C(=O)O)C(C)(C)C. The predicted molar refractivity (Wildman–Crippen MR) is 73.3 cm³/mol. The van der Waals surface area contributed by atoms with Crippen LogP contribution in [-0.4, -0.2) is 23.1 Å². The van der Waals surface area contributed by atoms with E-state index in [4.69, 9.17) is 9.84 Å². The predicted octanol–water partition coefficient (Wildman–Crippen LogP) is 3.80. The van der Waals surface area contributed by atoms with E-state index in [1.165, 1.54) is 0 Å². The number of ether oxygens (including phenoxy) is 1. The minimum absolute atomic E-state index is 0.00650. The molecule has 1 rings (SSSR count). The van der Waals surface area contributed by atoms with Crippen molar-refractivity contribution in [1.82, 2.24) is 0 Å². The Labute approximate surface area is 118 Å². The van der Waals surface area contributed by atoms with Crippen LogP contribution < -0.4 is 0 Å². The highest BCUT2D eigenvalue weighted by Gasteiger charge is 2.28. The number of carboxylic acids is 1. The maximum Gasteiger partial charge on any atom is 0.346 e.